The molecule has 4 heterocycles. The molecule has 0 aromatic carbocycles. The van der Waals surface area contributed by atoms with Gasteiger partial charge in [0.2, 0.25) is 5.91 Å². The molecule has 3 fully saturated rings. The van der Waals surface area contributed by atoms with E-state index in [1.807, 2.05) is 0 Å². The average Bonchev–Trinajstić information content (AvgIpc) is 2.63. The van der Waals surface area contributed by atoms with Gasteiger partial charge in [-0.3, -0.25) is 9.69 Å². The highest BCUT2D eigenvalue weighted by Gasteiger charge is 2.35. The smallest absolute Gasteiger partial charge is 0.239 e. The molecule has 0 aliphatic carbocycles. The maximum Gasteiger partial charge on any atom is 0.239 e. The van der Waals surface area contributed by atoms with Gasteiger partial charge in [0.1, 0.15) is 24.0 Å². The lowest BCUT2D eigenvalue weighted by molar-refractivity contribution is -0.129. The number of nitrogens with one attached hydrogen (secondary N) is 1. The zero-order valence-corrected chi connectivity index (χ0v) is 13.4. The number of hydrogen-bond acceptors (Lipinski definition) is 6. The van der Waals surface area contributed by atoms with Crippen LogP contribution in [0.25, 0.3) is 0 Å². The fourth-order valence-corrected chi connectivity index (χ4v) is 3.79. The number of fused-ring (bicyclic) bond motifs is 1. The van der Waals surface area contributed by atoms with Crippen LogP contribution in [0.1, 0.15) is 19.3 Å². The first-order valence-corrected chi connectivity index (χ1v) is 8.65. The third-order valence-electron chi connectivity index (χ3n) is 5.13. The minimum Gasteiger partial charge on any atom is -0.356 e. The molecule has 3 aliphatic rings. The number of piperidine rings is 1. The Hall–Kier alpha value is -1.89. The molecule has 7 heteroatoms. The van der Waals surface area contributed by atoms with Gasteiger partial charge in [0.05, 0.1) is 0 Å². The Morgan fingerprint density at radius 2 is 1.74 bits per heavy atom. The zero-order chi connectivity index (χ0) is 15.6. The Bertz CT molecular complexity index is 573. The zero-order valence-electron chi connectivity index (χ0n) is 13.4. The van der Waals surface area contributed by atoms with E-state index in [0.717, 1.165) is 50.9 Å². The number of carbonyl (C=O) groups excluding carboxylic acids is 1. The van der Waals surface area contributed by atoms with Crippen molar-refractivity contribution in [3.63, 3.8) is 0 Å². The van der Waals surface area contributed by atoms with Gasteiger partial charge < -0.3 is 15.1 Å². The summed E-state index contributed by atoms with van der Waals surface area (Å²) in [6.07, 6.45) is 5.44. The first-order valence-electron chi connectivity index (χ1n) is 8.65. The highest BCUT2D eigenvalue weighted by molar-refractivity contribution is 5.83. The second-order valence-corrected chi connectivity index (χ2v) is 6.57. The fourth-order valence-electron chi connectivity index (χ4n) is 3.79. The van der Waals surface area contributed by atoms with Crippen LogP contribution in [0.3, 0.4) is 0 Å². The molecular formula is C16H24N6O. The third kappa shape index (κ3) is 2.97. The van der Waals surface area contributed by atoms with E-state index in [4.69, 9.17) is 0 Å². The van der Waals surface area contributed by atoms with Crippen molar-refractivity contribution in [1.82, 2.24) is 20.2 Å². The minimum atomic E-state index is -0.0501. The lowest BCUT2D eigenvalue weighted by atomic mass is 10.1. The van der Waals surface area contributed by atoms with Gasteiger partial charge in [-0.05, 0) is 19.3 Å². The van der Waals surface area contributed by atoms with E-state index in [9.17, 15) is 4.79 Å². The average molecular weight is 316 g/mol. The topological polar surface area (TPSA) is 64.6 Å². The number of aromatic nitrogens is 2. The van der Waals surface area contributed by atoms with Gasteiger partial charge in [0.15, 0.2) is 0 Å². The van der Waals surface area contributed by atoms with Crippen molar-refractivity contribution in [2.24, 2.45) is 0 Å². The number of nitrogens with zero attached hydrogens (tertiary/aromatic N) is 5. The van der Waals surface area contributed by atoms with Crippen molar-refractivity contribution in [1.29, 1.82) is 0 Å². The number of rotatable bonds is 2. The van der Waals surface area contributed by atoms with Gasteiger partial charge in [0.25, 0.3) is 0 Å². The van der Waals surface area contributed by atoms with Crippen LogP contribution in [0, 0.1) is 0 Å². The fraction of sp³-hybridized carbons (Fsp3) is 0.688. The van der Waals surface area contributed by atoms with Crippen molar-refractivity contribution in [3.05, 3.63) is 12.4 Å². The molecule has 1 atom stereocenters. The molecule has 0 unspecified atom stereocenters. The number of amides is 1. The van der Waals surface area contributed by atoms with Crippen LogP contribution in [-0.4, -0.2) is 72.6 Å². The van der Waals surface area contributed by atoms with Gasteiger partial charge >= 0.3 is 0 Å². The van der Waals surface area contributed by atoms with E-state index in [1.165, 1.54) is 19.3 Å². The molecule has 1 amide bonds. The summed E-state index contributed by atoms with van der Waals surface area (Å²) in [7, 11) is 0. The summed E-state index contributed by atoms with van der Waals surface area (Å²) in [5.74, 6) is 2.11. The summed E-state index contributed by atoms with van der Waals surface area (Å²) < 4.78 is 0. The van der Waals surface area contributed by atoms with Crippen molar-refractivity contribution in [2.75, 3.05) is 55.6 Å². The Kier molecular flexibility index (Phi) is 4.03. The highest BCUT2D eigenvalue weighted by Crippen LogP contribution is 2.23. The molecule has 0 saturated carbocycles. The summed E-state index contributed by atoms with van der Waals surface area (Å²) in [4.78, 5) is 27.9. The molecule has 3 saturated heterocycles. The van der Waals surface area contributed by atoms with E-state index in [-0.39, 0.29) is 11.9 Å². The minimum absolute atomic E-state index is 0.0501. The van der Waals surface area contributed by atoms with Crippen LogP contribution < -0.4 is 15.1 Å². The van der Waals surface area contributed by atoms with E-state index < -0.39 is 0 Å². The van der Waals surface area contributed by atoms with Gasteiger partial charge in [-0.15, -0.1) is 0 Å². The lowest BCUT2D eigenvalue weighted by Gasteiger charge is -2.43. The second-order valence-electron chi connectivity index (χ2n) is 6.57. The maximum atomic E-state index is 12.1. The van der Waals surface area contributed by atoms with E-state index >= 15 is 0 Å². The molecule has 1 aromatic rings. The van der Waals surface area contributed by atoms with Crippen LogP contribution >= 0.6 is 0 Å². The molecular weight excluding hydrogens is 292 g/mol. The Morgan fingerprint density at radius 3 is 2.57 bits per heavy atom. The van der Waals surface area contributed by atoms with Crippen LogP contribution in [0.5, 0.6) is 0 Å². The summed E-state index contributed by atoms with van der Waals surface area (Å²) in [5, 5.41) is 2.97. The molecule has 1 N–H and O–H groups in total. The first kappa shape index (κ1) is 14.7. The van der Waals surface area contributed by atoms with Crippen molar-refractivity contribution >= 4 is 17.5 Å². The number of piperazine rings is 2. The van der Waals surface area contributed by atoms with Crippen LogP contribution in [0.4, 0.5) is 11.6 Å². The normalized spacial score (nSPS) is 25.9. The summed E-state index contributed by atoms with van der Waals surface area (Å²) in [6, 6.07) is 2.03. The number of anilines is 2. The first-order chi connectivity index (χ1) is 11.3. The predicted molar refractivity (Wildman–Crippen MR) is 88.7 cm³/mol. The number of hydrogen-bond donors (Lipinski definition) is 1. The molecule has 0 radical (unpaired) electrons. The Morgan fingerprint density at radius 1 is 0.957 bits per heavy atom. The number of carbonyl (C=O) groups is 1. The molecule has 0 bridgehead atoms. The molecule has 23 heavy (non-hydrogen) atoms. The molecule has 4 rings (SSSR count). The SMILES string of the molecule is O=C1NCCN2CCN(c3cc(N4CCCCC4)ncn3)C[C@H]12. The third-order valence-corrected chi connectivity index (χ3v) is 5.13. The lowest BCUT2D eigenvalue weighted by Crippen LogP contribution is -2.64. The van der Waals surface area contributed by atoms with Gasteiger partial charge in [-0.2, -0.15) is 0 Å². The monoisotopic (exact) mass is 316 g/mol. The van der Waals surface area contributed by atoms with Crippen LogP contribution in [-0.2, 0) is 4.79 Å². The Labute approximate surface area is 136 Å². The van der Waals surface area contributed by atoms with Crippen molar-refractivity contribution < 1.29 is 4.79 Å². The molecule has 124 valence electrons. The largest absolute Gasteiger partial charge is 0.356 e. The summed E-state index contributed by atoms with van der Waals surface area (Å²) in [5.41, 5.74) is 0. The van der Waals surface area contributed by atoms with Crippen molar-refractivity contribution in [2.45, 2.75) is 25.3 Å². The van der Waals surface area contributed by atoms with Gasteiger partial charge in [0, 0.05) is 51.9 Å². The molecule has 0 spiro atoms. The van der Waals surface area contributed by atoms with E-state index in [0.29, 0.717) is 6.54 Å². The summed E-state index contributed by atoms with van der Waals surface area (Å²) >= 11 is 0. The summed E-state index contributed by atoms with van der Waals surface area (Å²) in [6.45, 7) is 6.42. The second kappa shape index (κ2) is 6.31. The predicted octanol–water partition coefficient (Wildman–Crippen LogP) is 0.0873. The van der Waals surface area contributed by atoms with Crippen molar-refractivity contribution in [3.8, 4) is 0 Å². The standard InChI is InChI=1S/C16H24N6O/c23-16-13-11-22(9-8-20(13)7-4-17-16)15-10-14(18-12-19-15)21-5-2-1-3-6-21/h10,12-13H,1-9,11H2,(H,17,23)/t13-/m1/s1. The quantitative estimate of drug-likeness (QED) is 0.834. The van der Waals surface area contributed by atoms with Gasteiger partial charge in [-0.1, -0.05) is 0 Å². The van der Waals surface area contributed by atoms with E-state index in [2.05, 4.69) is 36.1 Å². The van der Waals surface area contributed by atoms with Crippen LogP contribution in [0.15, 0.2) is 12.4 Å². The molecule has 1 aromatic heterocycles. The van der Waals surface area contributed by atoms with E-state index in [1.54, 1.807) is 6.33 Å². The molecule has 3 aliphatic heterocycles. The van der Waals surface area contributed by atoms with Crippen LogP contribution in [0.2, 0.25) is 0 Å². The van der Waals surface area contributed by atoms with Gasteiger partial charge in [-0.25, -0.2) is 9.97 Å². The molecule has 7 nitrogen and oxygen atoms in total. The highest BCUT2D eigenvalue weighted by atomic mass is 16.2. The maximum absolute atomic E-state index is 12.1. The Balaban J connectivity index is 1.50.